The Labute approximate surface area is 72.2 Å². The molecule has 1 aromatic rings. The number of hydrogen-bond donors (Lipinski definition) is 2. The number of rotatable bonds is 2. The van der Waals surface area contributed by atoms with Crippen molar-refractivity contribution >= 4 is 5.69 Å². The molecule has 0 aliphatic carbocycles. The van der Waals surface area contributed by atoms with Gasteiger partial charge in [-0.2, -0.15) is 0 Å². The van der Waals surface area contributed by atoms with Crippen molar-refractivity contribution in [1.29, 1.82) is 0 Å². The lowest BCUT2D eigenvalue weighted by molar-refractivity contribution is 0.282. The second-order valence-corrected chi connectivity index (χ2v) is 3.08. The summed E-state index contributed by atoms with van der Waals surface area (Å²) in [6.07, 6.45) is 1.68. The maximum Gasteiger partial charge on any atom is 0.0703 e. The molecule has 3 nitrogen and oxygen atoms in total. The Morgan fingerprint density at radius 2 is 2.25 bits per heavy atom. The average Bonchev–Trinajstić information content (AvgIpc) is 2.04. The first-order chi connectivity index (χ1) is 5.66. The summed E-state index contributed by atoms with van der Waals surface area (Å²) in [7, 11) is 0. The van der Waals surface area contributed by atoms with Gasteiger partial charge < -0.3 is 10.8 Å². The molecule has 0 bridgehead atoms. The van der Waals surface area contributed by atoms with E-state index in [0.29, 0.717) is 11.6 Å². The number of hydrogen-bond acceptors (Lipinski definition) is 3. The van der Waals surface area contributed by atoms with Crippen LogP contribution in [0.2, 0.25) is 0 Å². The molecule has 0 aliphatic heterocycles. The normalized spacial score (nSPS) is 10.7. The predicted molar refractivity (Wildman–Crippen MR) is 48.7 cm³/mol. The predicted octanol–water partition coefficient (Wildman–Crippen LogP) is 1.28. The third kappa shape index (κ3) is 1.56. The van der Waals surface area contributed by atoms with Gasteiger partial charge in [-0.1, -0.05) is 13.8 Å². The van der Waals surface area contributed by atoms with Crippen LogP contribution in [0.25, 0.3) is 0 Å². The number of nitrogens with zero attached hydrogens (tertiary/aromatic N) is 1. The molecular formula is C9H14N2O. The van der Waals surface area contributed by atoms with Gasteiger partial charge in [0.15, 0.2) is 0 Å². The Morgan fingerprint density at radius 3 is 2.75 bits per heavy atom. The lowest BCUT2D eigenvalue weighted by Gasteiger charge is -2.10. The Balaban J connectivity index is 3.14. The molecular weight excluding hydrogens is 152 g/mol. The van der Waals surface area contributed by atoms with Gasteiger partial charge in [-0.15, -0.1) is 0 Å². The molecule has 0 aliphatic rings. The Hall–Kier alpha value is -1.09. The van der Waals surface area contributed by atoms with Crippen LogP contribution in [0.3, 0.4) is 0 Å². The van der Waals surface area contributed by atoms with Gasteiger partial charge in [-0.25, -0.2) is 0 Å². The third-order valence-corrected chi connectivity index (χ3v) is 1.83. The minimum Gasteiger partial charge on any atom is -0.397 e. The minimum atomic E-state index is -0.0198. The zero-order valence-electron chi connectivity index (χ0n) is 7.41. The number of nitrogen functional groups attached to an aromatic ring is 1. The largest absolute Gasteiger partial charge is 0.397 e. The quantitative estimate of drug-likeness (QED) is 0.695. The van der Waals surface area contributed by atoms with Crippen molar-refractivity contribution in [3.8, 4) is 0 Å². The van der Waals surface area contributed by atoms with E-state index in [2.05, 4.69) is 4.98 Å². The minimum absolute atomic E-state index is 0.0198. The van der Waals surface area contributed by atoms with Crippen molar-refractivity contribution in [3.63, 3.8) is 0 Å². The highest BCUT2D eigenvalue weighted by Gasteiger charge is 2.08. The van der Waals surface area contributed by atoms with E-state index in [1.54, 1.807) is 12.3 Å². The average molecular weight is 166 g/mol. The van der Waals surface area contributed by atoms with Gasteiger partial charge in [0.2, 0.25) is 0 Å². The number of aliphatic hydroxyl groups excluding tert-OH is 1. The molecule has 3 N–H and O–H groups in total. The molecule has 1 aromatic heterocycles. The second kappa shape index (κ2) is 3.54. The fourth-order valence-electron chi connectivity index (χ4n) is 1.13. The molecule has 0 atom stereocenters. The highest BCUT2D eigenvalue weighted by atomic mass is 16.3. The lowest BCUT2D eigenvalue weighted by Crippen LogP contribution is -2.03. The molecule has 0 saturated carbocycles. The summed E-state index contributed by atoms with van der Waals surface area (Å²) in [5.41, 5.74) is 8.01. The molecule has 1 rings (SSSR count). The van der Waals surface area contributed by atoms with Gasteiger partial charge in [-0.3, -0.25) is 4.98 Å². The van der Waals surface area contributed by atoms with E-state index >= 15 is 0 Å². The van der Waals surface area contributed by atoms with Crippen LogP contribution in [0, 0.1) is 0 Å². The zero-order chi connectivity index (χ0) is 9.14. The first-order valence-electron chi connectivity index (χ1n) is 4.01. The van der Waals surface area contributed by atoms with Crippen molar-refractivity contribution < 1.29 is 5.11 Å². The second-order valence-electron chi connectivity index (χ2n) is 3.08. The summed E-state index contributed by atoms with van der Waals surface area (Å²) < 4.78 is 0. The fraction of sp³-hybridized carbons (Fsp3) is 0.444. The van der Waals surface area contributed by atoms with Crippen LogP contribution in [0.5, 0.6) is 0 Å². The van der Waals surface area contributed by atoms with Crippen molar-refractivity contribution in [2.45, 2.75) is 26.4 Å². The summed E-state index contributed by atoms with van der Waals surface area (Å²) in [6, 6.07) is 1.74. The first kappa shape index (κ1) is 9.00. The van der Waals surface area contributed by atoms with Gasteiger partial charge in [0, 0.05) is 11.8 Å². The summed E-state index contributed by atoms with van der Waals surface area (Å²) in [5, 5.41) is 8.92. The highest BCUT2D eigenvalue weighted by Crippen LogP contribution is 2.21. The van der Waals surface area contributed by atoms with E-state index in [9.17, 15) is 0 Å². The zero-order valence-corrected chi connectivity index (χ0v) is 7.41. The molecule has 3 heteroatoms. The summed E-state index contributed by atoms with van der Waals surface area (Å²) in [4.78, 5) is 4.15. The highest BCUT2D eigenvalue weighted by molar-refractivity contribution is 5.51. The van der Waals surface area contributed by atoms with Crippen LogP contribution < -0.4 is 5.73 Å². The number of pyridine rings is 1. The van der Waals surface area contributed by atoms with E-state index in [1.807, 2.05) is 13.8 Å². The lowest BCUT2D eigenvalue weighted by atomic mass is 10.1. The molecule has 66 valence electrons. The van der Waals surface area contributed by atoms with Crippen LogP contribution in [-0.4, -0.2) is 10.1 Å². The van der Waals surface area contributed by atoms with Crippen LogP contribution in [-0.2, 0) is 6.61 Å². The summed E-state index contributed by atoms with van der Waals surface area (Å²) >= 11 is 0. The van der Waals surface area contributed by atoms with Crippen molar-refractivity contribution in [2.24, 2.45) is 0 Å². The Morgan fingerprint density at radius 1 is 1.58 bits per heavy atom. The van der Waals surface area contributed by atoms with Crippen LogP contribution in [0.15, 0.2) is 12.3 Å². The van der Waals surface area contributed by atoms with Gasteiger partial charge in [0.1, 0.15) is 0 Å². The van der Waals surface area contributed by atoms with E-state index < -0.39 is 0 Å². The third-order valence-electron chi connectivity index (χ3n) is 1.83. The van der Waals surface area contributed by atoms with Crippen LogP contribution >= 0.6 is 0 Å². The molecule has 0 saturated heterocycles. The van der Waals surface area contributed by atoms with Crippen LogP contribution in [0.1, 0.15) is 31.0 Å². The standard InChI is InChI=1S/C9H14N2O/c1-6(2)9-8(10)7(5-12)3-4-11-9/h3-4,6,12H,5,10H2,1-2H3. The number of nitrogens with two attached hydrogens (primary N) is 1. The fourth-order valence-corrected chi connectivity index (χ4v) is 1.13. The molecule has 0 unspecified atom stereocenters. The van der Waals surface area contributed by atoms with Crippen molar-refractivity contribution in [3.05, 3.63) is 23.5 Å². The molecule has 1 heterocycles. The van der Waals surface area contributed by atoms with Gasteiger partial charge in [-0.05, 0) is 12.0 Å². The van der Waals surface area contributed by atoms with Gasteiger partial charge in [0.25, 0.3) is 0 Å². The monoisotopic (exact) mass is 166 g/mol. The SMILES string of the molecule is CC(C)c1nccc(CO)c1N. The molecule has 12 heavy (non-hydrogen) atoms. The van der Waals surface area contributed by atoms with Crippen LogP contribution in [0.4, 0.5) is 5.69 Å². The molecule has 0 spiro atoms. The Kier molecular flexibility index (Phi) is 2.65. The van der Waals surface area contributed by atoms with E-state index in [4.69, 9.17) is 10.8 Å². The summed E-state index contributed by atoms with van der Waals surface area (Å²) in [6.45, 7) is 4.04. The number of aliphatic hydroxyl groups is 1. The van der Waals surface area contributed by atoms with Gasteiger partial charge >= 0.3 is 0 Å². The van der Waals surface area contributed by atoms with E-state index in [0.717, 1.165) is 11.3 Å². The van der Waals surface area contributed by atoms with Crippen molar-refractivity contribution in [1.82, 2.24) is 4.98 Å². The topological polar surface area (TPSA) is 59.1 Å². The van der Waals surface area contributed by atoms with Gasteiger partial charge in [0.05, 0.1) is 18.0 Å². The maximum absolute atomic E-state index is 8.92. The first-order valence-corrected chi connectivity index (χ1v) is 4.01. The van der Waals surface area contributed by atoms with E-state index in [1.165, 1.54) is 0 Å². The maximum atomic E-state index is 8.92. The van der Waals surface area contributed by atoms with Crippen molar-refractivity contribution in [2.75, 3.05) is 5.73 Å². The smallest absolute Gasteiger partial charge is 0.0703 e. The Bertz CT molecular complexity index is 271. The molecule has 0 amide bonds. The summed E-state index contributed by atoms with van der Waals surface area (Å²) in [5.74, 6) is 0.302. The van der Waals surface area contributed by atoms with E-state index in [-0.39, 0.29) is 6.61 Å². The number of anilines is 1. The molecule has 0 radical (unpaired) electrons. The molecule has 0 fully saturated rings. The molecule has 0 aromatic carbocycles. The number of aromatic nitrogens is 1.